The van der Waals surface area contributed by atoms with Crippen molar-refractivity contribution in [2.75, 3.05) is 4.43 Å². The first kappa shape index (κ1) is 23.8. The molecule has 9 atom stereocenters. The number of aliphatic hydroxyl groups is 2. The van der Waals surface area contributed by atoms with Gasteiger partial charge in [0.05, 0.1) is 0 Å². The molecule has 4 nitrogen and oxygen atoms in total. The van der Waals surface area contributed by atoms with Crippen molar-refractivity contribution in [2.24, 2.45) is 34.5 Å². The van der Waals surface area contributed by atoms with Crippen molar-refractivity contribution in [1.29, 1.82) is 0 Å². The molecule has 0 unspecified atom stereocenters. The topological polar surface area (TPSA) is 77.8 Å². The second-order valence-corrected chi connectivity index (χ2v) is 14.1. The number of carboxylic acid groups (broad SMARTS) is 1. The molecule has 1 aliphatic heterocycles. The number of hydrogen-bond donors (Lipinski definition) is 3. The molecule has 0 radical (unpaired) electrons. The van der Waals surface area contributed by atoms with Crippen molar-refractivity contribution in [3.05, 3.63) is 0 Å². The number of halogens is 1. The van der Waals surface area contributed by atoms with Crippen LogP contribution in [0.1, 0.15) is 85.5 Å². The summed E-state index contributed by atoms with van der Waals surface area (Å²) in [5.41, 5.74) is 0.216. The van der Waals surface area contributed by atoms with Gasteiger partial charge >= 0.3 is 188 Å². The third-order valence-electron chi connectivity index (χ3n) is 9.22. The van der Waals surface area contributed by atoms with Gasteiger partial charge in [-0.2, -0.15) is 0 Å². The number of carboxylic acids is 1. The molecule has 2 aliphatic carbocycles. The molecule has 0 spiro atoms. The molecule has 0 aromatic carbocycles. The average Bonchev–Trinajstić information content (AvgIpc) is 3.04. The van der Waals surface area contributed by atoms with Crippen molar-refractivity contribution in [3.63, 3.8) is 0 Å². The molecule has 0 bridgehead atoms. The van der Waals surface area contributed by atoms with Gasteiger partial charge in [0.2, 0.25) is 0 Å². The number of hydrogen-bond acceptors (Lipinski definition) is 3. The number of aliphatic carboxylic acids is 1. The Bertz CT molecular complexity index is 583. The van der Waals surface area contributed by atoms with Gasteiger partial charge < -0.3 is 0 Å². The Hall–Kier alpha value is 0.120. The zero-order chi connectivity index (χ0) is 21.4. The zero-order valence-electron chi connectivity index (χ0n) is 18.7. The maximum absolute atomic E-state index is 11.5. The number of carbonyl (C=O) groups is 1. The van der Waals surface area contributed by atoms with Crippen LogP contribution in [0.5, 0.6) is 0 Å². The Balaban J connectivity index is 1.77. The minimum absolute atomic E-state index is 0.0417. The van der Waals surface area contributed by atoms with Crippen LogP contribution in [0, 0.1) is 34.5 Å². The van der Waals surface area contributed by atoms with Crippen molar-refractivity contribution in [1.82, 2.24) is 0 Å². The summed E-state index contributed by atoms with van der Waals surface area (Å²) in [6.45, 7) is 9.05. The summed E-state index contributed by atoms with van der Waals surface area (Å²) in [4.78, 5) is 11.1. The van der Waals surface area contributed by atoms with E-state index in [-0.39, 0.29) is 50.7 Å². The molecule has 29 heavy (non-hydrogen) atoms. The van der Waals surface area contributed by atoms with E-state index in [4.69, 9.17) is 5.11 Å². The predicted octanol–water partition coefficient (Wildman–Crippen LogP) is 1.32. The molecule has 3 fully saturated rings. The summed E-state index contributed by atoms with van der Waals surface area (Å²) in [5, 5.41) is 30.7. The Labute approximate surface area is 187 Å². The molecule has 3 aliphatic rings. The SMILES string of the molecule is CC[C@H](O)CC[C@@]1(C)CC[I-][C@@H]2[C@@H]1C[C@H](O)[C@]1(C)[C@@H]([C@H](C)CCC(=O)O)CC[C@@H]21. The first-order valence-electron chi connectivity index (χ1n) is 11.8. The van der Waals surface area contributed by atoms with Crippen molar-refractivity contribution in [2.45, 2.75) is 102 Å². The predicted molar refractivity (Wildman–Crippen MR) is 111 cm³/mol. The molecule has 3 rings (SSSR count). The van der Waals surface area contributed by atoms with Gasteiger partial charge in [0.25, 0.3) is 0 Å². The molecular formula is C24H42IO4-. The van der Waals surface area contributed by atoms with Crippen molar-refractivity contribution < 1.29 is 41.3 Å². The van der Waals surface area contributed by atoms with E-state index in [1.54, 1.807) is 0 Å². The summed E-state index contributed by atoms with van der Waals surface area (Å²) < 4.78 is 2.16. The quantitative estimate of drug-likeness (QED) is 0.333. The maximum atomic E-state index is 11.5. The number of fused-ring (bicyclic) bond motifs is 3. The summed E-state index contributed by atoms with van der Waals surface area (Å²) in [5.74, 6) is 1.32. The van der Waals surface area contributed by atoms with Gasteiger partial charge in [-0.25, -0.2) is 0 Å². The van der Waals surface area contributed by atoms with Crippen LogP contribution in [0.2, 0.25) is 0 Å². The van der Waals surface area contributed by atoms with E-state index in [1.807, 2.05) is 0 Å². The second kappa shape index (κ2) is 9.32. The van der Waals surface area contributed by atoms with E-state index in [2.05, 4.69) is 27.7 Å². The molecule has 1 heterocycles. The molecule has 0 aromatic heterocycles. The number of rotatable bonds is 8. The van der Waals surface area contributed by atoms with Gasteiger partial charge in [-0.3, -0.25) is 0 Å². The van der Waals surface area contributed by atoms with Crippen LogP contribution < -0.4 is 21.2 Å². The van der Waals surface area contributed by atoms with Gasteiger partial charge in [0.1, 0.15) is 0 Å². The molecule has 1 saturated heterocycles. The normalized spacial score (nSPS) is 44.3. The molecule has 5 heteroatoms. The standard InChI is InChI=1S/C24H42IO4/c1-5-16(26)10-11-23(3)12-13-25-22-18-8-7-17(15(2)6-9-21(28)29)24(18,4)20(27)14-19(22)23/h15-20,22,26-27H,5-14H2,1-4H3,(H,28,29)/q-1/t15-,16+,17-,18+,19+,20+,22+,23+,24-/m1/s1. The zero-order valence-corrected chi connectivity index (χ0v) is 20.9. The number of aliphatic hydroxyl groups excluding tert-OH is 2. The second-order valence-electron chi connectivity index (χ2n) is 10.7. The van der Waals surface area contributed by atoms with E-state index >= 15 is 0 Å². The monoisotopic (exact) mass is 521 g/mol. The van der Waals surface area contributed by atoms with E-state index in [1.165, 1.54) is 17.3 Å². The van der Waals surface area contributed by atoms with Crippen molar-refractivity contribution in [3.8, 4) is 0 Å². The summed E-state index contributed by atoms with van der Waals surface area (Å²) >= 11 is 0.151. The third-order valence-corrected chi connectivity index (χ3v) is 13.1. The molecular weight excluding hydrogens is 479 g/mol. The van der Waals surface area contributed by atoms with Gasteiger partial charge in [-0.1, -0.05) is 0 Å². The van der Waals surface area contributed by atoms with Crippen LogP contribution in [-0.2, 0) is 4.79 Å². The average molecular weight is 522 g/mol. The molecule has 2 saturated carbocycles. The summed E-state index contributed by atoms with van der Waals surface area (Å²) in [6, 6.07) is 0. The van der Waals surface area contributed by atoms with Crippen LogP contribution in [0.3, 0.4) is 0 Å². The van der Waals surface area contributed by atoms with Crippen LogP contribution in [0.15, 0.2) is 0 Å². The molecule has 170 valence electrons. The fourth-order valence-corrected chi connectivity index (χ4v) is 12.9. The van der Waals surface area contributed by atoms with E-state index < -0.39 is 5.97 Å². The fourth-order valence-electron chi connectivity index (χ4n) is 7.08. The van der Waals surface area contributed by atoms with E-state index in [9.17, 15) is 15.0 Å². The molecule has 0 aromatic rings. The van der Waals surface area contributed by atoms with Crippen LogP contribution in [0.4, 0.5) is 0 Å². The van der Waals surface area contributed by atoms with Crippen LogP contribution in [0.25, 0.3) is 0 Å². The fraction of sp³-hybridized carbons (Fsp3) is 0.958. The Kier molecular flexibility index (Phi) is 7.64. The Morgan fingerprint density at radius 2 is 1.93 bits per heavy atom. The van der Waals surface area contributed by atoms with E-state index in [0.717, 1.165) is 42.4 Å². The van der Waals surface area contributed by atoms with Gasteiger partial charge in [0, 0.05) is 0 Å². The third kappa shape index (κ3) is 4.52. The van der Waals surface area contributed by atoms with Gasteiger partial charge in [-0.15, -0.1) is 0 Å². The van der Waals surface area contributed by atoms with Gasteiger partial charge in [-0.05, 0) is 0 Å². The molecule has 0 amide bonds. The van der Waals surface area contributed by atoms with Crippen molar-refractivity contribution >= 4 is 5.97 Å². The Morgan fingerprint density at radius 1 is 1.21 bits per heavy atom. The Morgan fingerprint density at radius 3 is 2.59 bits per heavy atom. The van der Waals surface area contributed by atoms with E-state index in [0.29, 0.717) is 23.7 Å². The first-order valence-corrected chi connectivity index (χ1v) is 14.6. The van der Waals surface area contributed by atoms with Crippen LogP contribution in [-0.4, -0.2) is 41.8 Å². The molecule has 3 N–H and O–H groups in total. The summed E-state index contributed by atoms with van der Waals surface area (Å²) in [7, 11) is 0. The number of alkyl halides is 2. The minimum atomic E-state index is -0.705. The summed E-state index contributed by atoms with van der Waals surface area (Å²) in [6.07, 6.45) is 7.86. The first-order chi connectivity index (χ1) is 13.6. The van der Waals surface area contributed by atoms with Gasteiger partial charge in [0.15, 0.2) is 0 Å². The van der Waals surface area contributed by atoms with Crippen LogP contribution >= 0.6 is 0 Å².